The van der Waals surface area contributed by atoms with Gasteiger partial charge in [0.05, 0.1) is 5.41 Å². The van der Waals surface area contributed by atoms with Crippen molar-refractivity contribution >= 4 is 86.2 Å². The van der Waals surface area contributed by atoms with Crippen molar-refractivity contribution in [2.24, 2.45) is 0 Å². The summed E-state index contributed by atoms with van der Waals surface area (Å²) in [5.74, 6) is 0.353. The van der Waals surface area contributed by atoms with E-state index in [2.05, 4.69) is 218 Å². The molecule has 0 bridgehead atoms. The second-order valence-corrected chi connectivity index (χ2v) is 19.3. The van der Waals surface area contributed by atoms with Crippen LogP contribution in [0.25, 0.3) is 120 Å². The van der Waals surface area contributed by atoms with E-state index in [9.17, 15) is 10.2 Å². The van der Waals surface area contributed by atoms with E-state index in [1.165, 1.54) is 21.5 Å². The molecule has 14 aromatic rings. The number of hydrogen-bond acceptors (Lipinski definition) is 2. The zero-order chi connectivity index (χ0) is 47.0. The minimum absolute atomic E-state index is 0.176. The third kappa shape index (κ3) is 5.53. The Bertz CT molecular complexity index is 4320. The van der Waals surface area contributed by atoms with Gasteiger partial charge < -0.3 is 10.2 Å². The van der Waals surface area contributed by atoms with Gasteiger partial charge >= 0.3 is 0 Å². The van der Waals surface area contributed by atoms with Crippen LogP contribution in [0.3, 0.4) is 0 Å². The van der Waals surface area contributed by atoms with E-state index in [0.717, 1.165) is 120 Å². The number of aromatic hydroxyl groups is 2. The molecule has 0 aromatic heterocycles. The number of fused-ring (bicyclic) bond motifs is 15. The van der Waals surface area contributed by atoms with Crippen molar-refractivity contribution in [1.29, 1.82) is 0 Å². The van der Waals surface area contributed by atoms with Gasteiger partial charge in [-0.1, -0.05) is 206 Å². The van der Waals surface area contributed by atoms with Crippen molar-refractivity contribution in [1.82, 2.24) is 0 Å². The average molecular weight is 903 g/mol. The molecule has 0 amide bonds. The summed E-state index contributed by atoms with van der Waals surface area (Å²) in [5.41, 5.74) is 9.55. The molecule has 0 aliphatic heterocycles. The molecular weight excluding hydrogens is 861 g/mol. The van der Waals surface area contributed by atoms with Gasteiger partial charge in [-0.25, -0.2) is 0 Å². The van der Waals surface area contributed by atoms with E-state index in [1.807, 2.05) is 24.3 Å². The minimum Gasteiger partial charge on any atom is -0.508 e. The Hall–Kier alpha value is -9.24. The van der Waals surface area contributed by atoms with Crippen molar-refractivity contribution in [2.75, 3.05) is 0 Å². The van der Waals surface area contributed by atoms with Crippen molar-refractivity contribution in [2.45, 2.75) is 5.41 Å². The molecule has 0 heterocycles. The normalized spacial score (nSPS) is 13.0. The largest absolute Gasteiger partial charge is 0.508 e. The first-order chi connectivity index (χ1) is 35.0. The van der Waals surface area contributed by atoms with Gasteiger partial charge in [-0.05, 0) is 178 Å². The standard InChI is InChI=1S/C69H42O2/c70-45-37-63-47-19-5-1-15-41(47)31-33-55(63)65(39-45)69(66-40-46(71)38-64-48-20-6-2-16-42(48)32-34-56(64)66)67-57(27-13-29-59(67)61-35-43-17-3-7-21-49(43)51-23-9-11-25-53(51)61)58-28-14-30-60(68(58)69)62-36-44-18-4-8-22-50(44)52-24-10-12-26-54(52)62/h1-40,70-71H. The summed E-state index contributed by atoms with van der Waals surface area (Å²) in [6.07, 6.45) is 0. The van der Waals surface area contributed by atoms with Gasteiger partial charge in [0, 0.05) is 0 Å². The third-order valence-corrected chi connectivity index (χ3v) is 15.8. The molecule has 0 atom stereocenters. The smallest absolute Gasteiger partial charge is 0.116 e. The zero-order valence-corrected chi connectivity index (χ0v) is 38.5. The fraction of sp³-hybridized carbons (Fsp3) is 0.0145. The van der Waals surface area contributed by atoms with Crippen molar-refractivity contribution in [3.05, 3.63) is 265 Å². The van der Waals surface area contributed by atoms with Crippen molar-refractivity contribution in [3.8, 4) is 44.9 Å². The summed E-state index contributed by atoms with van der Waals surface area (Å²) in [4.78, 5) is 0. The first-order valence-corrected chi connectivity index (χ1v) is 24.4. The van der Waals surface area contributed by atoms with Crippen molar-refractivity contribution < 1.29 is 10.2 Å². The van der Waals surface area contributed by atoms with Crippen LogP contribution in [0.1, 0.15) is 22.3 Å². The molecule has 1 aliphatic carbocycles. The molecule has 0 spiro atoms. The van der Waals surface area contributed by atoms with Gasteiger partial charge in [0.25, 0.3) is 0 Å². The molecule has 0 unspecified atom stereocenters. The maximum Gasteiger partial charge on any atom is 0.116 e. The summed E-state index contributed by atoms with van der Waals surface area (Å²) in [5, 5.41) is 42.8. The predicted molar refractivity (Wildman–Crippen MR) is 298 cm³/mol. The van der Waals surface area contributed by atoms with Gasteiger partial charge in [-0.15, -0.1) is 0 Å². The van der Waals surface area contributed by atoms with Crippen LogP contribution in [0.5, 0.6) is 11.5 Å². The van der Waals surface area contributed by atoms with Crippen LogP contribution >= 0.6 is 0 Å². The quantitative estimate of drug-likeness (QED) is 0.173. The Balaban J connectivity index is 1.22. The highest BCUT2D eigenvalue weighted by Gasteiger charge is 2.51. The Labute approximate surface area is 409 Å². The molecule has 71 heavy (non-hydrogen) atoms. The van der Waals surface area contributed by atoms with Crippen LogP contribution in [0.4, 0.5) is 0 Å². The molecule has 14 aromatic carbocycles. The van der Waals surface area contributed by atoms with Crippen LogP contribution < -0.4 is 0 Å². The number of rotatable bonds is 4. The van der Waals surface area contributed by atoms with Crippen LogP contribution in [-0.4, -0.2) is 10.2 Å². The molecule has 330 valence electrons. The molecule has 0 saturated carbocycles. The fourth-order valence-electron chi connectivity index (χ4n) is 13.0. The van der Waals surface area contributed by atoms with E-state index in [-0.39, 0.29) is 11.5 Å². The summed E-state index contributed by atoms with van der Waals surface area (Å²) in [6.45, 7) is 0. The van der Waals surface area contributed by atoms with Gasteiger partial charge in [-0.3, -0.25) is 0 Å². The summed E-state index contributed by atoms with van der Waals surface area (Å²) in [6, 6.07) is 87.2. The van der Waals surface area contributed by atoms with Crippen LogP contribution in [0, 0.1) is 0 Å². The number of hydrogen-bond donors (Lipinski definition) is 2. The third-order valence-electron chi connectivity index (χ3n) is 15.8. The first kappa shape index (κ1) is 39.7. The van der Waals surface area contributed by atoms with Gasteiger partial charge in [-0.2, -0.15) is 0 Å². The van der Waals surface area contributed by atoms with E-state index in [0.29, 0.717) is 0 Å². The minimum atomic E-state index is -1.17. The van der Waals surface area contributed by atoms with Gasteiger partial charge in [0.1, 0.15) is 11.5 Å². The lowest BCUT2D eigenvalue weighted by molar-refractivity contribution is 0.474. The molecular formula is C69H42O2. The zero-order valence-electron chi connectivity index (χ0n) is 38.5. The van der Waals surface area contributed by atoms with E-state index in [1.54, 1.807) is 0 Å². The molecule has 0 saturated heterocycles. The highest BCUT2D eigenvalue weighted by molar-refractivity contribution is 6.19. The summed E-state index contributed by atoms with van der Waals surface area (Å²) < 4.78 is 0. The lowest BCUT2D eigenvalue weighted by atomic mass is 9.62. The molecule has 2 N–H and O–H groups in total. The highest BCUT2D eigenvalue weighted by Crippen LogP contribution is 2.64. The lowest BCUT2D eigenvalue weighted by Crippen LogP contribution is -2.31. The summed E-state index contributed by atoms with van der Waals surface area (Å²) >= 11 is 0. The maximum absolute atomic E-state index is 12.5. The maximum atomic E-state index is 12.5. The van der Waals surface area contributed by atoms with Crippen LogP contribution in [0.2, 0.25) is 0 Å². The Kier molecular flexibility index (Phi) is 8.33. The molecule has 0 fully saturated rings. The Morgan fingerprint density at radius 1 is 0.211 bits per heavy atom. The monoisotopic (exact) mass is 902 g/mol. The molecule has 2 nitrogen and oxygen atoms in total. The Morgan fingerprint density at radius 3 is 0.944 bits per heavy atom. The van der Waals surface area contributed by atoms with E-state index in [4.69, 9.17) is 0 Å². The SMILES string of the molecule is Oc1cc(C2(c3cc(O)cc4c3ccc3ccccc34)c3c(cccc3-c3cc4ccccc4c4ccccc34)-c3cccc(-c4cc5ccccc5c5ccccc45)c32)c2ccc3ccccc3c2c1. The van der Waals surface area contributed by atoms with Crippen molar-refractivity contribution in [3.63, 3.8) is 0 Å². The summed E-state index contributed by atoms with van der Waals surface area (Å²) in [7, 11) is 0. The molecule has 0 radical (unpaired) electrons. The first-order valence-electron chi connectivity index (χ1n) is 24.4. The Morgan fingerprint density at radius 2 is 0.535 bits per heavy atom. The van der Waals surface area contributed by atoms with Crippen LogP contribution in [-0.2, 0) is 5.41 Å². The number of phenols is 2. The average Bonchev–Trinajstić information content (AvgIpc) is 3.73. The van der Waals surface area contributed by atoms with Crippen LogP contribution in [0.15, 0.2) is 243 Å². The topological polar surface area (TPSA) is 40.5 Å². The molecule has 2 heteroatoms. The second kappa shape index (κ2) is 14.9. The van der Waals surface area contributed by atoms with E-state index < -0.39 is 5.41 Å². The van der Waals surface area contributed by atoms with Gasteiger partial charge in [0.2, 0.25) is 0 Å². The number of phenolic OH excluding ortho intramolecular Hbond substituents is 2. The number of benzene rings is 14. The highest BCUT2D eigenvalue weighted by atomic mass is 16.3. The second-order valence-electron chi connectivity index (χ2n) is 19.3. The lowest BCUT2D eigenvalue weighted by Gasteiger charge is -2.39. The molecule has 15 rings (SSSR count). The van der Waals surface area contributed by atoms with E-state index >= 15 is 0 Å². The predicted octanol–water partition coefficient (Wildman–Crippen LogP) is 18.0. The van der Waals surface area contributed by atoms with Gasteiger partial charge in [0.15, 0.2) is 0 Å². The molecule has 1 aliphatic rings. The fourth-order valence-corrected chi connectivity index (χ4v) is 13.0.